The second-order valence-electron chi connectivity index (χ2n) is 9.04. The molecule has 14 nitrogen and oxygen atoms in total. The number of hydrogen-bond donors (Lipinski definition) is 4. The van der Waals surface area contributed by atoms with E-state index in [-0.39, 0.29) is 35.3 Å². The Balaban J connectivity index is 1.66. The van der Waals surface area contributed by atoms with Crippen LogP contribution in [0.15, 0.2) is 36.7 Å². The third-order valence-corrected chi connectivity index (χ3v) is 8.45. The normalized spacial score (nSPS) is 24.7. The Hall–Kier alpha value is -3.21. The molecule has 1 saturated heterocycles. The van der Waals surface area contributed by atoms with Crippen LogP contribution in [0.4, 0.5) is 24.9 Å². The summed E-state index contributed by atoms with van der Waals surface area (Å²) in [6, 6.07) is 6.46. The summed E-state index contributed by atoms with van der Waals surface area (Å²) in [5.41, 5.74) is 5.62. The van der Waals surface area contributed by atoms with Crippen LogP contribution < -0.4 is 20.7 Å². The minimum Gasteiger partial charge on any atom is -0.465 e. The molecular weight excluding hydrogens is 610 g/mol. The zero-order valence-electron chi connectivity index (χ0n) is 22.4. The molecule has 0 amide bonds. The summed E-state index contributed by atoms with van der Waals surface area (Å²) in [5, 5.41) is 16.0. The fourth-order valence-electron chi connectivity index (χ4n) is 4.18. The molecule has 1 aliphatic rings. The molecular formula is C23H28ClF3N7O7P. The molecule has 5 N–H and O–H groups in total. The number of halogens is 4. The third-order valence-electron chi connectivity index (χ3n) is 6.18. The highest BCUT2D eigenvalue weighted by atomic mass is 35.5. The number of carbonyl (C=O) groups is 1. The Kier molecular flexibility index (Phi) is 9.20. The van der Waals surface area contributed by atoms with Gasteiger partial charge in [0, 0.05) is 7.05 Å². The molecule has 4 rings (SSSR count). The number of rotatable bonds is 11. The van der Waals surface area contributed by atoms with E-state index in [4.69, 9.17) is 35.9 Å². The molecule has 0 aliphatic carbocycles. The van der Waals surface area contributed by atoms with Gasteiger partial charge < -0.3 is 30.2 Å². The number of nitrogens with one attached hydrogen (secondary N) is 2. The van der Waals surface area contributed by atoms with E-state index in [0.717, 1.165) is 10.9 Å². The second kappa shape index (κ2) is 12.2. The Morgan fingerprint density at radius 1 is 1.33 bits per heavy atom. The van der Waals surface area contributed by atoms with Gasteiger partial charge in [-0.1, -0.05) is 18.2 Å². The zero-order valence-corrected chi connectivity index (χ0v) is 24.1. The van der Waals surface area contributed by atoms with E-state index in [2.05, 4.69) is 25.4 Å². The molecule has 6 atom stereocenters. The minimum absolute atomic E-state index is 0.0314. The Morgan fingerprint density at radius 3 is 2.64 bits per heavy atom. The average Bonchev–Trinajstić information content (AvgIpc) is 3.46. The molecule has 0 radical (unpaired) electrons. The van der Waals surface area contributed by atoms with Crippen LogP contribution in [-0.4, -0.2) is 80.2 Å². The lowest BCUT2D eigenvalue weighted by Crippen LogP contribution is -2.53. The number of imidazole rings is 1. The van der Waals surface area contributed by atoms with Crippen LogP contribution in [0.3, 0.4) is 0 Å². The zero-order chi connectivity index (χ0) is 30.9. The van der Waals surface area contributed by atoms with E-state index in [1.807, 2.05) is 0 Å². The van der Waals surface area contributed by atoms with E-state index >= 15 is 0 Å². The predicted octanol–water partition coefficient (Wildman–Crippen LogP) is 2.99. The van der Waals surface area contributed by atoms with Crippen molar-refractivity contribution in [3.8, 4) is 5.75 Å². The summed E-state index contributed by atoms with van der Waals surface area (Å²) >= 11 is 6.13. The lowest BCUT2D eigenvalue weighted by molar-refractivity contribution is -0.195. The van der Waals surface area contributed by atoms with Crippen molar-refractivity contribution in [1.82, 2.24) is 24.6 Å². The summed E-state index contributed by atoms with van der Waals surface area (Å²) in [6.07, 6.45) is -10.6. The molecule has 0 spiro atoms. The number of para-hydroxylation sites is 1. The summed E-state index contributed by atoms with van der Waals surface area (Å²) < 4.78 is 79.4. The summed E-state index contributed by atoms with van der Waals surface area (Å²) in [7, 11) is -3.01. The van der Waals surface area contributed by atoms with Crippen molar-refractivity contribution in [3.63, 3.8) is 0 Å². The van der Waals surface area contributed by atoms with Crippen LogP contribution in [-0.2, 0) is 23.4 Å². The fraction of sp³-hybridized carbons (Fsp3) is 0.478. The molecule has 1 aliphatic heterocycles. The van der Waals surface area contributed by atoms with Crippen molar-refractivity contribution >= 4 is 48.2 Å². The van der Waals surface area contributed by atoms with E-state index < -0.39 is 55.9 Å². The van der Waals surface area contributed by atoms with Crippen molar-refractivity contribution < 1.29 is 46.2 Å². The number of nitrogens with two attached hydrogens (primary N) is 1. The molecule has 1 aromatic carbocycles. The SMILES string of the molecule is CCOC(=O)C(C)N[P@](=O)(OC[C@H]1O[C@@H](n2cnc3c(NC)nc(N)nc32)[C@@](Cl)(C(F)(F)F)[C@@H]1O)Oc1ccccc1. The first-order valence-electron chi connectivity index (χ1n) is 12.4. The Morgan fingerprint density at radius 2 is 2.02 bits per heavy atom. The number of benzene rings is 1. The van der Waals surface area contributed by atoms with Gasteiger partial charge in [-0.2, -0.15) is 28.2 Å². The maximum absolute atomic E-state index is 14.5. The van der Waals surface area contributed by atoms with E-state index in [1.165, 1.54) is 26.1 Å². The molecule has 3 aromatic rings. The van der Waals surface area contributed by atoms with Crippen LogP contribution in [0.5, 0.6) is 5.75 Å². The van der Waals surface area contributed by atoms with E-state index in [1.54, 1.807) is 25.1 Å². The Labute approximate surface area is 242 Å². The highest BCUT2D eigenvalue weighted by Crippen LogP contribution is 2.55. The number of aromatic nitrogens is 4. The number of anilines is 2. The van der Waals surface area contributed by atoms with E-state index in [0.29, 0.717) is 0 Å². The highest BCUT2D eigenvalue weighted by molar-refractivity contribution is 7.52. The number of fused-ring (bicyclic) bond motifs is 1. The summed E-state index contributed by atoms with van der Waals surface area (Å²) in [5.74, 6) is -0.886. The first kappa shape index (κ1) is 31.7. The number of aliphatic hydroxyl groups excluding tert-OH is 1. The quantitative estimate of drug-likeness (QED) is 0.137. The Bertz CT molecular complexity index is 1470. The molecule has 19 heteroatoms. The van der Waals surface area contributed by atoms with Crippen LogP contribution in [0.25, 0.3) is 11.2 Å². The van der Waals surface area contributed by atoms with Gasteiger partial charge >= 0.3 is 19.9 Å². The number of ether oxygens (including phenoxy) is 2. The molecule has 0 saturated carbocycles. The summed E-state index contributed by atoms with van der Waals surface area (Å²) in [6.45, 7) is 2.01. The third kappa shape index (κ3) is 6.11. The van der Waals surface area contributed by atoms with Gasteiger partial charge in [-0.25, -0.2) is 9.55 Å². The highest BCUT2D eigenvalue weighted by Gasteiger charge is 2.71. The molecule has 0 bridgehead atoms. The van der Waals surface area contributed by atoms with Crippen LogP contribution in [0.2, 0.25) is 0 Å². The molecule has 3 heterocycles. The number of esters is 1. The van der Waals surface area contributed by atoms with Crippen LogP contribution in [0.1, 0.15) is 20.1 Å². The number of alkyl halides is 4. The average molecular weight is 638 g/mol. The number of aliphatic hydroxyl groups is 1. The van der Waals surface area contributed by atoms with Gasteiger partial charge in [-0.3, -0.25) is 13.9 Å². The van der Waals surface area contributed by atoms with Crippen molar-refractivity contribution in [2.24, 2.45) is 0 Å². The number of hydrogen-bond acceptors (Lipinski definition) is 12. The minimum atomic E-state index is -5.24. The largest absolute Gasteiger partial charge is 0.465 e. The molecule has 2 aromatic heterocycles. The predicted molar refractivity (Wildman–Crippen MR) is 144 cm³/mol. The van der Waals surface area contributed by atoms with E-state index in [9.17, 15) is 27.6 Å². The van der Waals surface area contributed by atoms with Crippen molar-refractivity contribution in [1.29, 1.82) is 0 Å². The van der Waals surface area contributed by atoms with Gasteiger partial charge in [0.2, 0.25) is 10.8 Å². The van der Waals surface area contributed by atoms with Gasteiger partial charge in [-0.15, -0.1) is 11.6 Å². The smallest absolute Gasteiger partial charge is 0.459 e. The van der Waals surface area contributed by atoms with Gasteiger partial charge in [0.05, 0.1) is 19.5 Å². The van der Waals surface area contributed by atoms with Crippen molar-refractivity contribution in [3.05, 3.63) is 36.7 Å². The summed E-state index contributed by atoms with van der Waals surface area (Å²) in [4.78, 5) is 20.7. The first-order valence-corrected chi connectivity index (χ1v) is 14.4. The lowest BCUT2D eigenvalue weighted by Gasteiger charge is -2.32. The molecule has 1 unspecified atom stereocenters. The van der Waals surface area contributed by atoms with Crippen LogP contribution >= 0.6 is 19.3 Å². The molecule has 42 heavy (non-hydrogen) atoms. The van der Waals surface area contributed by atoms with Crippen molar-refractivity contribution in [2.45, 2.75) is 49.4 Å². The van der Waals surface area contributed by atoms with Crippen LogP contribution in [0, 0.1) is 0 Å². The topological polar surface area (TPSA) is 185 Å². The van der Waals surface area contributed by atoms with Gasteiger partial charge in [-0.05, 0) is 26.0 Å². The monoisotopic (exact) mass is 637 g/mol. The standard InChI is InChI=1S/C23H28ClF3N7O7P/c1-4-38-19(36)12(2)33-42(37,41-13-8-6-5-7-9-13)39-10-14-16(35)22(24,23(25,26)27)20(40-14)34-11-30-15-17(29-3)31-21(28)32-18(15)34/h5-9,11-12,14,16,20,35H,4,10H2,1-3H3,(H,33,37)(H3,28,29,31,32)/t12?,14-,16-,20-,22-,42+/m1/s1. The van der Waals surface area contributed by atoms with Gasteiger partial charge in [0.15, 0.2) is 23.2 Å². The van der Waals surface area contributed by atoms with Gasteiger partial charge in [0.25, 0.3) is 0 Å². The van der Waals surface area contributed by atoms with Crippen molar-refractivity contribution in [2.75, 3.05) is 31.3 Å². The molecule has 230 valence electrons. The first-order chi connectivity index (χ1) is 19.7. The number of nitrogen functional groups attached to an aromatic ring is 1. The second-order valence-corrected chi connectivity index (χ2v) is 11.4. The van der Waals surface area contributed by atoms with Gasteiger partial charge in [0.1, 0.15) is 24.0 Å². The number of nitrogens with zero attached hydrogens (tertiary/aromatic N) is 4. The maximum Gasteiger partial charge on any atom is 0.459 e. The molecule has 1 fully saturated rings. The maximum atomic E-state index is 14.5. The number of carbonyl (C=O) groups excluding carboxylic acids is 1. The fourth-order valence-corrected chi connectivity index (χ4v) is 5.98. The lowest BCUT2D eigenvalue weighted by atomic mass is 9.98.